The van der Waals surface area contributed by atoms with Crippen molar-refractivity contribution in [3.63, 3.8) is 0 Å². The minimum absolute atomic E-state index is 0.0273. The normalized spacial score (nSPS) is 14.7. The lowest BCUT2D eigenvalue weighted by molar-refractivity contribution is -0.387. The van der Waals surface area contributed by atoms with Crippen LogP contribution in [0.5, 0.6) is 0 Å². The Hall–Kier alpha value is -2.13. The predicted molar refractivity (Wildman–Crippen MR) is 104 cm³/mol. The number of nitro groups is 1. The van der Waals surface area contributed by atoms with Crippen LogP contribution in [0, 0.1) is 10.1 Å². The van der Waals surface area contributed by atoms with Gasteiger partial charge in [-0.05, 0) is 12.1 Å². The lowest BCUT2D eigenvalue weighted by Gasteiger charge is -2.25. The van der Waals surface area contributed by atoms with Gasteiger partial charge in [0, 0.05) is 29.0 Å². The van der Waals surface area contributed by atoms with Crippen LogP contribution in [-0.4, -0.2) is 50.5 Å². The average molecular weight is 492 g/mol. The van der Waals surface area contributed by atoms with Gasteiger partial charge in [-0.2, -0.15) is 0 Å². The number of benzene rings is 1. The smallest absolute Gasteiger partial charge is 0.290 e. The van der Waals surface area contributed by atoms with Gasteiger partial charge in [0.1, 0.15) is 5.69 Å². The number of hydrogen-bond acceptors (Lipinski definition) is 9. The van der Waals surface area contributed by atoms with Crippen LogP contribution in [0.2, 0.25) is 0 Å². The first-order valence-corrected chi connectivity index (χ1v) is 11.0. The van der Waals surface area contributed by atoms with Crippen molar-refractivity contribution in [2.24, 2.45) is 0 Å². The summed E-state index contributed by atoms with van der Waals surface area (Å²) in [6.07, 6.45) is 0. The molecule has 1 aromatic heterocycles. The molecule has 0 atom stereocenters. The fourth-order valence-electron chi connectivity index (χ4n) is 2.36. The number of amides is 1. The van der Waals surface area contributed by atoms with E-state index in [9.17, 15) is 23.3 Å². The first-order valence-electron chi connectivity index (χ1n) is 7.82. The maximum Gasteiger partial charge on any atom is 0.290 e. The zero-order valence-electron chi connectivity index (χ0n) is 14.1. The van der Waals surface area contributed by atoms with Gasteiger partial charge < -0.3 is 9.64 Å². The van der Waals surface area contributed by atoms with E-state index in [-0.39, 0.29) is 5.69 Å². The first-order chi connectivity index (χ1) is 13.3. The number of hydrazine groups is 1. The highest BCUT2D eigenvalue weighted by atomic mass is 79.9. The van der Waals surface area contributed by atoms with E-state index in [0.29, 0.717) is 35.9 Å². The summed E-state index contributed by atoms with van der Waals surface area (Å²) in [6.45, 7) is 2.42. The highest BCUT2D eigenvalue weighted by molar-refractivity contribution is 9.10. The number of carbonyl (C=O) groups is 1. The van der Waals surface area contributed by atoms with Crippen molar-refractivity contribution in [1.29, 1.82) is 0 Å². The van der Waals surface area contributed by atoms with Crippen molar-refractivity contribution >= 4 is 54.0 Å². The van der Waals surface area contributed by atoms with Crippen LogP contribution in [0.1, 0.15) is 10.5 Å². The summed E-state index contributed by atoms with van der Waals surface area (Å²) in [5.74, 6) is -0.779. The summed E-state index contributed by atoms with van der Waals surface area (Å²) in [5.41, 5.74) is 1.43. The molecule has 0 bridgehead atoms. The Balaban J connectivity index is 1.70. The maximum absolute atomic E-state index is 12.4. The molecule has 2 heterocycles. The predicted octanol–water partition coefficient (Wildman–Crippen LogP) is 1.27. The molecule has 0 unspecified atom stereocenters. The Kier molecular flexibility index (Phi) is 6.24. The van der Waals surface area contributed by atoms with E-state index < -0.39 is 31.4 Å². The fourth-order valence-corrected chi connectivity index (χ4v) is 4.56. The number of hydrogen-bond donors (Lipinski definition) is 2. The number of halogens is 1. The van der Waals surface area contributed by atoms with Crippen LogP contribution < -0.4 is 15.2 Å². The van der Waals surface area contributed by atoms with E-state index in [2.05, 4.69) is 20.9 Å². The second-order valence-electron chi connectivity index (χ2n) is 5.54. The van der Waals surface area contributed by atoms with E-state index in [0.717, 1.165) is 12.1 Å². The number of morpholine rings is 1. The molecule has 1 aliphatic heterocycles. The molecule has 14 heteroatoms. The van der Waals surface area contributed by atoms with Gasteiger partial charge in [-0.25, -0.2) is 13.4 Å². The van der Waals surface area contributed by atoms with E-state index in [1.807, 2.05) is 15.2 Å². The molecule has 11 nitrogen and oxygen atoms in total. The summed E-state index contributed by atoms with van der Waals surface area (Å²) >= 11 is 4.30. The Morgan fingerprint density at radius 1 is 1.36 bits per heavy atom. The van der Waals surface area contributed by atoms with Gasteiger partial charge >= 0.3 is 0 Å². The van der Waals surface area contributed by atoms with Crippen LogP contribution in [0.25, 0.3) is 0 Å². The van der Waals surface area contributed by atoms with Gasteiger partial charge in [0.05, 0.1) is 18.1 Å². The molecule has 1 aliphatic rings. The Morgan fingerprint density at radius 2 is 2.07 bits per heavy atom. The molecule has 1 fully saturated rings. The van der Waals surface area contributed by atoms with Crippen molar-refractivity contribution in [2.75, 3.05) is 31.2 Å². The average Bonchev–Trinajstić information content (AvgIpc) is 3.17. The van der Waals surface area contributed by atoms with E-state index in [1.54, 1.807) is 0 Å². The fraction of sp³-hybridized carbons (Fsp3) is 0.286. The number of aromatic nitrogens is 1. The monoisotopic (exact) mass is 491 g/mol. The largest absolute Gasteiger partial charge is 0.378 e. The van der Waals surface area contributed by atoms with Gasteiger partial charge in [0.25, 0.3) is 21.6 Å². The number of nitro benzene ring substituents is 1. The number of nitrogens with one attached hydrogen (secondary N) is 2. The van der Waals surface area contributed by atoms with Crippen LogP contribution in [0.3, 0.4) is 0 Å². The third-order valence-corrected chi connectivity index (χ3v) is 6.40. The van der Waals surface area contributed by atoms with Crippen LogP contribution in [0.15, 0.2) is 32.9 Å². The molecule has 28 heavy (non-hydrogen) atoms. The van der Waals surface area contributed by atoms with Gasteiger partial charge in [-0.15, -0.1) is 16.2 Å². The van der Waals surface area contributed by atoms with Gasteiger partial charge in [0.2, 0.25) is 0 Å². The summed E-state index contributed by atoms with van der Waals surface area (Å²) in [5, 5.41) is 13.2. The highest BCUT2D eigenvalue weighted by Gasteiger charge is 2.27. The molecular weight excluding hydrogens is 478 g/mol. The molecule has 1 aromatic carbocycles. The van der Waals surface area contributed by atoms with Crippen LogP contribution in [-0.2, 0) is 14.8 Å². The zero-order valence-corrected chi connectivity index (χ0v) is 17.3. The molecule has 0 aliphatic carbocycles. The number of nitrogens with zero attached hydrogens (tertiary/aromatic N) is 3. The van der Waals surface area contributed by atoms with E-state index in [1.165, 1.54) is 22.8 Å². The lowest BCUT2D eigenvalue weighted by atomic mass is 10.3. The van der Waals surface area contributed by atoms with E-state index >= 15 is 0 Å². The standard InChI is InChI=1S/C14H14BrN5O6S2/c15-9-1-2-12(11(7-9)20(22)23)28(24,25)18-17-13(21)10-8-27-14(16-10)19-3-5-26-6-4-19/h1-2,7-8,18H,3-6H2,(H,17,21). The van der Waals surface area contributed by atoms with Crippen molar-refractivity contribution < 1.29 is 22.9 Å². The van der Waals surface area contributed by atoms with Gasteiger partial charge in [-0.3, -0.25) is 20.3 Å². The first kappa shape index (κ1) is 20.6. The Morgan fingerprint density at radius 3 is 2.75 bits per heavy atom. The third kappa shape index (κ3) is 4.64. The minimum Gasteiger partial charge on any atom is -0.378 e. The number of sulfonamides is 1. The Labute approximate surface area is 172 Å². The van der Waals surface area contributed by atoms with Crippen LogP contribution >= 0.6 is 27.3 Å². The second-order valence-corrected chi connectivity index (χ2v) is 8.95. The third-order valence-electron chi connectivity index (χ3n) is 3.71. The molecular formula is C14H14BrN5O6S2. The molecule has 2 N–H and O–H groups in total. The SMILES string of the molecule is O=C(NNS(=O)(=O)c1ccc(Br)cc1[N+](=O)[O-])c1csc(N2CCOCC2)n1. The van der Waals surface area contributed by atoms with Crippen molar-refractivity contribution in [3.8, 4) is 0 Å². The van der Waals surface area contributed by atoms with Crippen molar-refractivity contribution in [1.82, 2.24) is 15.2 Å². The molecule has 0 saturated carbocycles. The molecule has 0 radical (unpaired) electrons. The molecule has 1 amide bonds. The molecule has 1 saturated heterocycles. The van der Waals surface area contributed by atoms with E-state index in [4.69, 9.17) is 4.74 Å². The number of anilines is 1. The van der Waals surface area contributed by atoms with Gasteiger partial charge in [0.15, 0.2) is 10.0 Å². The Bertz CT molecular complexity index is 1010. The summed E-state index contributed by atoms with van der Waals surface area (Å²) in [4.78, 5) is 29.9. The second kappa shape index (κ2) is 8.48. The molecule has 150 valence electrons. The van der Waals surface area contributed by atoms with Crippen LogP contribution in [0.4, 0.5) is 10.8 Å². The van der Waals surface area contributed by atoms with Gasteiger partial charge in [-0.1, -0.05) is 15.9 Å². The number of carbonyl (C=O) groups excluding carboxylic acids is 1. The minimum atomic E-state index is -4.37. The van der Waals surface area contributed by atoms with Crippen molar-refractivity contribution in [2.45, 2.75) is 4.90 Å². The molecule has 2 aromatic rings. The zero-order chi connectivity index (χ0) is 20.3. The summed E-state index contributed by atoms with van der Waals surface area (Å²) in [7, 11) is -4.37. The topological polar surface area (TPSA) is 144 Å². The number of rotatable bonds is 6. The summed E-state index contributed by atoms with van der Waals surface area (Å²) in [6, 6.07) is 3.47. The summed E-state index contributed by atoms with van der Waals surface area (Å²) < 4.78 is 30.3. The number of ether oxygens (including phenoxy) is 1. The molecule has 3 rings (SSSR count). The van der Waals surface area contributed by atoms with Crippen molar-refractivity contribution in [3.05, 3.63) is 43.9 Å². The molecule has 0 spiro atoms. The maximum atomic E-state index is 12.4. The highest BCUT2D eigenvalue weighted by Crippen LogP contribution is 2.27. The quantitative estimate of drug-likeness (QED) is 0.453. The number of thiazole rings is 1. The lowest BCUT2D eigenvalue weighted by Crippen LogP contribution is -2.42.